The van der Waals surface area contributed by atoms with Crippen LogP contribution in [0.5, 0.6) is 11.5 Å². The Hall–Kier alpha value is -2.60. The number of pyridine rings is 1. The molecule has 1 aliphatic heterocycles. The first-order valence-corrected chi connectivity index (χ1v) is 8.53. The molecule has 0 unspecified atom stereocenters. The van der Waals surface area contributed by atoms with Crippen LogP contribution in [-0.4, -0.2) is 40.6 Å². The van der Waals surface area contributed by atoms with Gasteiger partial charge in [-0.3, -0.25) is 10.1 Å². The summed E-state index contributed by atoms with van der Waals surface area (Å²) < 4.78 is 17.7. The van der Waals surface area contributed by atoms with Gasteiger partial charge in [0.05, 0.1) is 31.0 Å². The Labute approximate surface area is 146 Å². The molecule has 2 aromatic heterocycles. The number of ether oxygens (including phenoxy) is 3. The zero-order valence-corrected chi connectivity index (χ0v) is 14.4. The monoisotopic (exact) mass is 339 g/mol. The van der Waals surface area contributed by atoms with Crippen LogP contribution in [0.2, 0.25) is 0 Å². The number of nitrogens with one attached hydrogen (secondary N) is 1. The maximum atomic E-state index is 6.03. The van der Waals surface area contributed by atoms with E-state index in [-0.39, 0.29) is 12.2 Å². The first-order chi connectivity index (χ1) is 12.2. The minimum atomic E-state index is -0.0568. The molecule has 6 nitrogen and oxygen atoms in total. The lowest BCUT2D eigenvalue weighted by molar-refractivity contribution is 0.0440. The molecule has 1 N–H and O–H groups in total. The fourth-order valence-electron chi connectivity index (χ4n) is 2.96. The molecule has 25 heavy (non-hydrogen) atoms. The Morgan fingerprint density at radius 2 is 1.92 bits per heavy atom. The minimum Gasteiger partial charge on any atom is -0.491 e. The first-order valence-electron chi connectivity index (χ1n) is 8.53. The zero-order chi connectivity index (χ0) is 17.2. The molecule has 0 aliphatic carbocycles. The van der Waals surface area contributed by atoms with Crippen LogP contribution in [0.25, 0.3) is 22.2 Å². The molecule has 0 saturated carbocycles. The lowest BCUT2D eigenvalue weighted by atomic mass is 10.1. The number of rotatable bonds is 0. The SMILES string of the molecule is C[C@H]1CCOC[C@H](C)Oc2cncc(c2)-c2n[nH]c3ccc(cc23)O1. The molecular weight excluding hydrogens is 318 g/mol. The Kier molecular flexibility index (Phi) is 4.28. The first kappa shape index (κ1) is 15.9. The summed E-state index contributed by atoms with van der Waals surface area (Å²) in [6.07, 6.45) is 4.33. The molecule has 6 heteroatoms. The van der Waals surface area contributed by atoms with E-state index in [1.165, 1.54) is 0 Å². The number of aromatic nitrogens is 3. The van der Waals surface area contributed by atoms with Gasteiger partial charge in [-0.05, 0) is 38.1 Å². The average Bonchev–Trinajstić information content (AvgIpc) is 3.01. The van der Waals surface area contributed by atoms with Crippen LogP contribution < -0.4 is 9.47 Å². The molecule has 0 spiro atoms. The second kappa shape index (κ2) is 6.72. The molecule has 4 rings (SSSR count). The Morgan fingerprint density at radius 1 is 1.04 bits per heavy atom. The molecule has 0 fully saturated rings. The van der Waals surface area contributed by atoms with Crippen molar-refractivity contribution in [1.29, 1.82) is 0 Å². The lowest BCUT2D eigenvalue weighted by Crippen LogP contribution is -2.21. The van der Waals surface area contributed by atoms with Gasteiger partial charge in [0.25, 0.3) is 0 Å². The quantitative estimate of drug-likeness (QED) is 0.678. The van der Waals surface area contributed by atoms with E-state index in [1.54, 1.807) is 12.4 Å². The van der Waals surface area contributed by atoms with E-state index in [0.717, 1.165) is 34.3 Å². The summed E-state index contributed by atoms with van der Waals surface area (Å²) in [5, 5.41) is 8.53. The van der Waals surface area contributed by atoms with Crippen molar-refractivity contribution in [2.45, 2.75) is 32.5 Å². The van der Waals surface area contributed by atoms with Crippen LogP contribution in [0, 0.1) is 0 Å². The van der Waals surface area contributed by atoms with Crippen LogP contribution in [-0.2, 0) is 4.74 Å². The van der Waals surface area contributed by atoms with E-state index in [0.29, 0.717) is 19.0 Å². The van der Waals surface area contributed by atoms with Gasteiger partial charge >= 0.3 is 0 Å². The fraction of sp³-hybridized carbons (Fsp3) is 0.368. The van der Waals surface area contributed by atoms with Crippen molar-refractivity contribution in [3.63, 3.8) is 0 Å². The van der Waals surface area contributed by atoms with Gasteiger partial charge in [-0.1, -0.05) is 0 Å². The van der Waals surface area contributed by atoms with Crippen LogP contribution >= 0.6 is 0 Å². The van der Waals surface area contributed by atoms with Gasteiger partial charge in [-0.25, -0.2) is 0 Å². The number of benzene rings is 1. The molecule has 3 aromatic rings. The van der Waals surface area contributed by atoms with Crippen molar-refractivity contribution in [1.82, 2.24) is 15.2 Å². The van der Waals surface area contributed by atoms with Crippen LogP contribution in [0.15, 0.2) is 36.7 Å². The average molecular weight is 339 g/mol. The smallest absolute Gasteiger partial charge is 0.138 e. The Bertz CT molecular complexity index is 877. The van der Waals surface area contributed by atoms with E-state index in [1.807, 2.05) is 31.2 Å². The Morgan fingerprint density at radius 3 is 2.84 bits per heavy atom. The van der Waals surface area contributed by atoms with Crippen molar-refractivity contribution in [3.05, 3.63) is 36.7 Å². The highest BCUT2D eigenvalue weighted by Crippen LogP contribution is 2.31. The number of hydrogen-bond acceptors (Lipinski definition) is 5. The van der Waals surface area contributed by atoms with Gasteiger partial charge in [0.1, 0.15) is 23.3 Å². The third-order valence-electron chi connectivity index (χ3n) is 4.22. The maximum Gasteiger partial charge on any atom is 0.138 e. The summed E-state index contributed by atoms with van der Waals surface area (Å²) in [5.74, 6) is 1.53. The Balaban J connectivity index is 1.79. The topological polar surface area (TPSA) is 69.3 Å². The molecule has 130 valence electrons. The molecule has 3 heterocycles. The normalized spacial score (nSPS) is 21.2. The molecular formula is C19H21N3O3. The number of H-pyrrole nitrogens is 1. The third-order valence-corrected chi connectivity index (χ3v) is 4.22. The van der Waals surface area contributed by atoms with Gasteiger partial charge in [0, 0.05) is 23.6 Å². The second-order valence-corrected chi connectivity index (χ2v) is 6.41. The largest absolute Gasteiger partial charge is 0.491 e. The van der Waals surface area contributed by atoms with Crippen molar-refractivity contribution >= 4 is 10.9 Å². The summed E-state index contributed by atoms with van der Waals surface area (Å²) in [6.45, 7) is 5.19. The minimum absolute atomic E-state index is 0.0568. The van der Waals surface area contributed by atoms with Crippen LogP contribution in [0.4, 0.5) is 0 Å². The van der Waals surface area contributed by atoms with Crippen molar-refractivity contribution in [3.8, 4) is 22.8 Å². The standard InChI is InChI=1S/C19H21N3O3/c1-12-5-6-23-11-13(2)25-16-7-14(9-20-10-16)19-17-8-15(24-12)3-4-18(17)21-22-19/h3-4,7-10,12-13H,5-6,11H2,1-2H3,(H,21,22)/t12-,13-/m0/s1. The number of aromatic amines is 1. The molecule has 2 atom stereocenters. The van der Waals surface area contributed by atoms with E-state index in [9.17, 15) is 0 Å². The summed E-state index contributed by atoms with van der Waals surface area (Å²) in [7, 11) is 0. The zero-order valence-electron chi connectivity index (χ0n) is 14.4. The van der Waals surface area contributed by atoms with Crippen molar-refractivity contribution in [2.75, 3.05) is 13.2 Å². The summed E-state index contributed by atoms with van der Waals surface area (Å²) >= 11 is 0. The summed E-state index contributed by atoms with van der Waals surface area (Å²) in [5.41, 5.74) is 2.70. The number of nitrogens with zero attached hydrogens (tertiary/aromatic N) is 2. The van der Waals surface area contributed by atoms with Crippen molar-refractivity contribution < 1.29 is 14.2 Å². The third kappa shape index (κ3) is 3.44. The number of hydrogen-bond donors (Lipinski definition) is 1. The molecule has 0 amide bonds. The van der Waals surface area contributed by atoms with Gasteiger partial charge in [0.2, 0.25) is 0 Å². The van der Waals surface area contributed by atoms with Gasteiger partial charge in [-0.15, -0.1) is 0 Å². The van der Waals surface area contributed by atoms with Gasteiger partial charge in [-0.2, -0.15) is 5.10 Å². The van der Waals surface area contributed by atoms with Crippen molar-refractivity contribution in [2.24, 2.45) is 0 Å². The van der Waals surface area contributed by atoms with E-state index >= 15 is 0 Å². The lowest BCUT2D eigenvalue weighted by Gasteiger charge is -2.17. The predicted octanol–water partition coefficient (Wildman–Crippen LogP) is 3.58. The molecule has 4 bridgehead atoms. The molecule has 1 aliphatic rings. The number of fused-ring (bicyclic) bond motifs is 4. The molecule has 0 radical (unpaired) electrons. The summed E-state index contributed by atoms with van der Waals surface area (Å²) in [6, 6.07) is 7.91. The van der Waals surface area contributed by atoms with Gasteiger partial charge < -0.3 is 14.2 Å². The predicted molar refractivity (Wildman–Crippen MR) is 94.9 cm³/mol. The molecule has 0 saturated heterocycles. The van der Waals surface area contributed by atoms with E-state index in [2.05, 4.69) is 22.1 Å². The van der Waals surface area contributed by atoms with E-state index in [4.69, 9.17) is 14.2 Å². The highest BCUT2D eigenvalue weighted by Gasteiger charge is 2.14. The van der Waals surface area contributed by atoms with Gasteiger partial charge in [0.15, 0.2) is 0 Å². The highest BCUT2D eigenvalue weighted by atomic mass is 16.5. The summed E-state index contributed by atoms with van der Waals surface area (Å²) in [4.78, 5) is 4.30. The molecule has 1 aromatic carbocycles. The van der Waals surface area contributed by atoms with E-state index < -0.39 is 0 Å². The van der Waals surface area contributed by atoms with Crippen LogP contribution in [0.3, 0.4) is 0 Å². The highest BCUT2D eigenvalue weighted by molar-refractivity contribution is 5.93. The maximum absolute atomic E-state index is 6.03. The second-order valence-electron chi connectivity index (χ2n) is 6.41. The van der Waals surface area contributed by atoms with Crippen LogP contribution in [0.1, 0.15) is 20.3 Å². The fourth-order valence-corrected chi connectivity index (χ4v) is 2.96.